The summed E-state index contributed by atoms with van der Waals surface area (Å²) in [6.45, 7) is 10.6. The standard InChI is InChI=1S/C33H43N3O7/c1-5-20-40-29-21-26(42-25-14-18-35(19-15-25)31(38)43-33(2,3)4)10-11-27(29)30(37)34-16-12-24(13-17-34)36-28-9-7-6-8-23(28)22-41-32(36)39/h6-11,21,24-25H,5,12-20,22H2,1-4H3. The molecule has 3 aliphatic heterocycles. The monoisotopic (exact) mass is 593 g/mol. The zero-order valence-electron chi connectivity index (χ0n) is 25.7. The molecule has 3 aliphatic rings. The second kappa shape index (κ2) is 13.1. The Morgan fingerprint density at radius 3 is 2.35 bits per heavy atom. The Kier molecular flexibility index (Phi) is 9.32. The van der Waals surface area contributed by atoms with Gasteiger partial charge in [0, 0.05) is 56.7 Å². The largest absolute Gasteiger partial charge is 0.493 e. The van der Waals surface area contributed by atoms with Crippen LogP contribution in [0.5, 0.6) is 11.5 Å². The highest BCUT2D eigenvalue weighted by atomic mass is 16.6. The number of cyclic esters (lactones) is 1. The maximum absolute atomic E-state index is 13.7. The minimum absolute atomic E-state index is 0.0358. The number of ether oxygens (including phenoxy) is 4. The van der Waals surface area contributed by atoms with Crippen LogP contribution in [0.3, 0.4) is 0 Å². The Labute approximate surface area is 253 Å². The molecule has 3 heterocycles. The van der Waals surface area contributed by atoms with Gasteiger partial charge in [0.25, 0.3) is 5.91 Å². The first-order valence-electron chi connectivity index (χ1n) is 15.4. The zero-order chi connectivity index (χ0) is 30.6. The van der Waals surface area contributed by atoms with E-state index in [4.69, 9.17) is 18.9 Å². The van der Waals surface area contributed by atoms with Gasteiger partial charge in [-0.15, -0.1) is 0 Å². The van der Waals surface area contributed by atoms with Gasteiger partial charge in [-0.25, -0.2) is 9.59 Å². The van der Waals surface area contributed by atoms with Gasteiger partial charge in [-0.05, 0) is 58.2 Å². The molecule has 0 bridgehead atoms. The Balaban J connectivity index is 1.20. The van der Waals surface area contributed by atoms with E-state index in [9.17, 15) is 14.4 Å². The lowest BCUT2D eigenvalue weighted by Crippen LogP contribution is -2.50. The Morgan fingerprint density at radius 2 is 1.65 bits per heavy atom. The van der Waals surface area contributed by atoms with Crippen molar-refractivity contribution in [1.82, 2.24) is 9.80 Å². The second-order valence-corrected chi connectivity index (χ2v) is 12.4. The lowest BCUT2D eigenvalue weighted by atomic mass is 10.00. The van der Waals surface area contributed by atoms with Crippen LogP contribution in [0.4, 0.5) is 15.3 Å². The van der Waals surface area contributed by atoms with E-state index < -0.39 is 5.60 Å². The average molecular weight is 594 g/mol. The highest BCUT2D eigenvalue weighted by Crippen LogP contribution is 2.33. The second-order valence-electron chi connectivity index (χ2n) is 12.4. The van der Waals surface area contributed by atoms with Crippen molar-refractivity contribution in [3.8, 4) is 11.5 Å². The molecule has 43 heavy (non-hydrogen) atoms. The summed E-state index contributed by atoms with van der Waals surface area (Å²) >= 11 is 0. The van der Waals surface area contributed by atoms with Gasteiger partial charge in [0.15, 0.2) is 0 Å². The molecule has 5 rings (SSSR count). The van der Waals surface area contributed by atoms with Crippen molar-refractivity contribution in [2.75, 3.05) is 37.7 Å². The van der Waals surface area contributed by atoms with Crippen LogP contribution in [0.15, 0.2) is 42.5 Å². The van der Waals surface area contributed by atoms with Gasteiger partial charge in [-0.3, -0.25) is 9.69 Å². The molecule has 0 aliphatic carbocycles. The van der Waals surface area contributed by atoms with Gasteiger partial charge < -0.3 is 28.7 Å². The maximum Gasteiger partial charge on any atom is 0.414 e. The summed E-state index contributed by atoms with van der Waals surface area (Å²) in [6, 6.07) is 13.2. The number of nitrogens with zero attached hydrogens (tertiary/aromatic N) is 3. The number of rotatable bonds is 7. The minimum Gasteiger partial charge on any atom is -0.493 e. The van der Waals surface area contributed by atoms with Crippen LogP contribution in [0.1, 0.15) is 75.7 Å². The van der Waals surface area contributed by atoms with Crippen LogP contribution in [0.25, 0.3) is 0 Å². The number of carbonyl (C=O) groups is 3. The summed E-state index contributed by atoms with van der Waals surface area (Å²) < 4.78 is 23.2. The molecule has 2 fully saturated rings. The predicted octanol–water partition coefficient (Wildman–Crippen LogP) is 6.02. The first kappa shape index (κ1) is 30.5. The molecule has 0 spiro atoms. The third-order valence-electron chi connectivity index (χ3n) is 7.96. The lowest BCUT2D eigenvalue weighted by molar-refractivity contribution is 0.0126. The quantitative estimate of drug-likeness (QED) is 0.388. The van der Waals surface area contributed by atoms with Gasteiger partial charge in [-0.1, -0.05) is 25.1 Å². The third-order valence-corrected chi connectivity index (χ3v) is 7.96. The van der Waals surface area contributed by atoms with E-state index in [0.29, 0.717) is 75.5 Å². The van der Waals surface area contributed by atoms with Crippen molar-refractivity contribution in [1.29, 1.82) is 0 Å². The van der Waals surface area contributed by atoms with Crippen LogP contribution >= 0.6 is 0 Å². The van der Waals surface area contributed by atoms with E-state index >= 15 is 0 Å². The number of fused-ring (bicyclic) bond motifs is 1. The van der Waals surface area contributed by atoms with E-state index in [2.05, 4.69) is 0 Å². The van der Waals surface area contributed by atoms with Crippen LogP contribution in [0, 0.1) is 0 Å². The summed E-state index contributed by atoms with van der Waals surface area (Å²) in [7, 11) is 0. The van der Waals surface area contributed by atoms with Crippen LogP contribution in [-0.2, 0) is 16.1 Å². The van der Waals surface area contributed by atoms with Crippen molar-refractivity contribution < 1.29 is 33.3 Å². The molecular formula is C33H43N3O7. The molecule has 0 radical (unpaired) electrons. The molecule has 3 amide bonds. The van der Waals surface area contributed by atoms with Crippen molar-refractivity contribution in [3.05, 3.63) is 53.6 Å². The number of carbonyl (C=O) groups excluding carboxylic acids is 3. The van der Waals surface area contributed by atoms with Crippen LogP contribution < -0.4 is 14.4 Å². The first-order chi connectivity index (χ1) is 20.6. The average Bonchev–Trinajstić information content (AvgIpc) is 2.99. The van der Waals surface area contributed by atoms with E-state index in [0.717, 1.165) is 17.7 Å². The summed E-state index contributed by atoms with van der Waals surface area (Å²) in [5.74, 6) is 1.05. The van der Waals surface area contributed by atoms with E-state index in [1.807, 2.05) is 62.9 Å². The lowest BCUT2D eigenvalue weighted by Gasteiger charge is -2.40. The van der Waals surface area contributed by atoms with Gasteiger partial charge >= 0.3 is 12.2 Å². The molecule has 10 nitrogen and oxygen atoms in total. The van der Waals surface area contributed by atoms with Crippen molar-refractivity contribution in [2.24, 2.45) is 0 Å². The van der Waals surface area contributed by atoms with Crippen LogP contribution in [-0.4, -0.2) is 78.4 Å². The fourth-order valence-corrected chi connectivity index (χ4v) is 5.78. The van der Waals surface area contributed by atoms with Crippen molar-refractivity contribution >= 4 is 23.8 Å². The molecule has 232 valence electrons. The Morgan fingerprint density at radius 1 is 0.953 bits per heavy atom. The van der Waals surface area contributed by atoms with E-state index in [1.165, 1.54) is 0 Å². The highest BCUT2D eigenvalue weighted by molar-refractivity contribution is 5.97. The van der Waals surface area contributed by atoms with Crippen molar-refractivity contribution in [2.45, 2.75) is 84.2 Å². The van der Waals surface area contributed by atoms with E-state index in [1.54, 1.807) is 21.9 Å². The Hall–Kier alpha value is -3.95. The fourth-order valence-electron chi connectivity index (χ4n) is 5.78. The predicted molar refractivity (Wildman–Crippen MR) is 162 cm³/mol. The number of anilines is 1. The molecule has 10 heteroatoms. The third kappa shape index (κ3) is 7.35. The maximum atomic E-state index is 13.7. The summed E-state index contributed by atoms with van der Waals surface area (Å²) in [4.78, 5) is 44.1. The first-order valence-corrected chi connectivity index (χ1v) is 15.4. The molecule has 0 aromatic heterocycles. The number of piperidine rings is 2. The van der Waals surface area contributed by atoms with Gasteiger partial charge in [-0.2, -0.15) is 0 Å². The topological polar surface area (TPSA) is 97.8 Å². The summed E-state index contributed by atoms with van der Waals surface area (Å²) in [5, 5.41) is 0. The number of benzene rings is 2. The smallest absolute Gasteiger partial charge is 0.414 e. The normalized spacial score (nSPS) is 18.1. The molecule has 0 N–H and O–H groups in total. The molecular weight excluding hydrogens is 550 g/mol. The van der Waals surface area contributed by atoms with Crippen molar-refractivity contribution in [3.63, 3.8) is 0 Å². The van der Waals surface area contributed by atoms with Crippen LogP contribution in [0.2, 0.25) is 0 Å². The molecule has 0 saturated carbocycles. The number of hydrogen-bond donors (Lipinski definition) is 0. The zero-order valence-corrected chi connectivity index (χ0v) is 25.7. The SMILES string of the molecule is CCCOc1cc(OC2CCN(C(=O)OC(C)(C)C)CC2)ccc1C(=O)N1CCC(N2C(=O)OCc3ccccc32)CC1. The molecule has 2 aromatic rings. The van der Waals surface area contributed by atoms with Gasteiger partial charge in [0.2, 0.25) is 0 Å². The molecule has 0 atom stereocenters. The molecule has 2 saturated heterocycles. The van der Waals surface area contributed by atoms with Gasteiger partial charge in [0.05, 0.1) is 17.9 Å². The number of likely N-dealkylation sites (tertiary alicyclic amines) is 2. The number of para-hydroxylation sites is 1. The minimum atomic E-state index is -0.526. The van der Waals surface area contributed by atoms with Gasteiger partial charge in [0.1, 0.15) is 29.8 Å². The summed E-state index contributed by atoms with van der Waals surface area (Å²) in [6.07, 6.45) is 2.82. The molecule has 0 unspecified atom stereocenters. The number of hydrogen-bond acceptors (Lipinski definition) is 7. The summed E-state index contributed by atoms with van der Waals surface area (Å²) in [5.41, 5.74) is 1.86. The Bertz CT molecular complexity index is 1310. The fraction of sp³-hybridized carbons (Fsp3) is 0.545. The molecule has 2 aromatic carbocycles. The number of amides is 3. The van der Waals surface area contributed by atoms with E-state index in [-0.39, 0.29) is 36.8 Å². The highest BCUT2D eigenvalue weighted by Gasteiger charge is 2.36.